The Morgan fingerprint density at radius 3 is 2.50 bits per heavy atom. The molecule has 2 unspecified atom stereocenters. The van der Waals surface area contributed by atoms with Crippen molar-refractivity contribution in [3.05, 3.63) is 28.2 Å². The molecule has 16 heavy (non-hydrogen) atoms. The normalized spacial score (nSPS) is 14.6. The van der Waals surface area contributed by atoms with Crippen molar-refractivity contribution >= 4 is 33.5 Å². The molecule has 88 valence electrons. The Morgan fingerprint density at radius 2 is 2.06 bits per heavy atom. The Bertz CT molecular complexity index is 391. The number of aliphatic hydroxyl groups excluding tert-OH is 1. The molecule has 0 aliphatic heterocycles. The largest absolute Gasteiger partial charge is 0.392 e. The fourth-order valence-corrected chi connectivity index (χ4v) is 2.69. The molecule has 1 N–H and O–H groups in total. The Morgan fingerprint density at radius 1 is 1.44 bits per heavy atom. The van der Waals surface area contributed by atoms with E-state index in [0.29, 0.717) is 5.56 Å². The van der Waals surface area contributed by atoms with Gasteiger partial charge >= 0.3 is 0 Å². The van der Waals surface area contributed by atoms with Gasteiger partial charge in [0.1, 0.15) is 0 Å². The molecule has 0 spiro atoms. The van der Waals surface area contributed by atoms with E-state index in [-0.39, 0.29) is 17.1 Å². The van der Waals surface area contributed by atoms with E-state index in [0.717, 1.165) is 9.37 Å². The molecule has 2 nitrogen and oxygen atoms in total. The second-order valence-corrected chi connectivity index (χ2v) is 6.04. The molecule has 0 bridgehead atoms. The van der Waals surface area contributed by atoms with Crippen molar-refractivity contribution in [2.75, 3.05) is 0 Å². The second-order valence-electron chi connectivity index (χ2n) is 3.76. The number of hydrogen-bond donors (Lipinski definition) is 1. The zero-order valence-electron chi connectivity index (χ0n) is 9.53. The van der Waals surface area contributed by atoms with Gasteiger partial charge in [0.25, 0.3) is 0 Å². The monoisotopic (exact) mass is 302 g/mol. The van der Waals surface area contributed by atoms with Crippen molar-refractivity contribution in [2.45, 2.75) is 37.0 Å². The quantitative estimate of drug-likeness (QED) is 0.683. The highest BCUT2D eigenvalue weighted by Gasteiger charge is 2.13. The third-order valence-electron chi connectivity index (χ3n) is 2.33. The minimum atomic E-state index is -0.357. The standard InChI is InChI=1S/C12H15BrO2S/c1-7(14)9(3)16-12-5-4-10(8(2)15)6-11(12)13/h4-7,9,14H,1-3H3. The van der Waals surface area contributed by atoms with Crippen LogP contribution in [0.1, 0.15) is 31.1 Å². The minimum Gasteiger partial charge on any atom is -0.392 e. The average molecular weight is 303 g/mol. The van der Waals surface area contributed by atoms with E-state index in [4.69, 9.17) is 0 Å². The summed E-state index contributed by atoms with van der Waals surface area (Å²) in [5.41, 5.74) is 0.695. The Balaban J connectivity index is 2.87. The van der Waals surface area contributed by atoms with Crippen molar-refractivity contribution in [1.29, 1.82) is 0 Å². The summed E-state index contributed by atoms with van der Waals surface area (Å²) in [4.78, 5) is 12.2. The predicted molar refractivity (Wildman–Crippen MR) is 71.1 cm³/mol. The first-order chi connectivity index (χ1) is 7.41. The van der Waals surface area contributed by atoms with Gasteiger partial charge in [-0.1, -0.05) is 13.0 Å². The topological polar surface area (TPSA) is 37.3 Å². The SMILES string of the molecule is CC(=O)c1ccc(SC(C)C(C)O)c(Br)c1. The number of halogens is 1. The minimum absolute atomic E-state index is 0.0563. The highest BCUT2D eigenvalue weighted by Crippen LogP contribution is 2.32. The van der Waals surface area contributed by atoms with Crippen LogP contribution >= 0.6 is 27.7 Å². The summed E-state index contributed by atoms with van der Waals surface area (Å²) in [6.45, 7) is 5.29. The molecular weight excluding hydrogens is 288 g/mol. The van der Waals surface area contributed by atoms with Crippen LogP contribution in [0.3, 0.4) is 0 Å². The summed E-state index contributed by atoms with van der Waals surface area (Å²) in [6.07, 6.45) is -0.357. The van der Waals surface area contributed by atoms with Crippen LogP contribution in [0.2, 0.25) is 0 Å². The number of carbonyl (C=O) groups excluding carboxylic acids is 1. The van der Waals surface area contributed by atoms with Crippen LogP contribution in [-0.4, -0.2) is 22.2 Å². The third kappa shape index (κ3) is 3.61. The Kier molecular flexibility index (Phi) is 5.02. The maximum absolute atomic E-state index is 11.2. The third-order valence-corrected chi connectivity index (χ3v) is 4.62. The molecule has 1 rings (SSSR count). The van der Waals surface area contributed by atoms with Gasteiger partial charge in [0, 0.05) is 20.2 Å². The highest BCUT2D eigenvalue weighted by molar-refractivity contribution is 9.10. The lowest BCUT2D eigenvalue weighted by atomic mass is 10.2. The molecule has 0 aliphatic carbocycles. The van der Waals surface area contributed by atoms with E-state index in [2.05, 4.69) is 15.9 Å². The summed E-state index contributed by atoms with van der Waals surface area (Å²) in [5.74, 6) is 0.0563. The van der Waals surface area contributed by atoms with Gasteiger partial charge in [-0.2, -0.15) is 0 Å². The Hall–Kier alpha value is -0.320. The zero-order chi connectivity index (χ0) is 12.3. The van der Waals surface area contributed by atoms with Gasteiger partial charge < -0.3 is 5.11 Å². The number of rotatable bonds is 4. The van der Waals surface area contributed by atoms with Crippen LogP contribution in [0.5, 0.6) is 0 Å². The summed E-state index contributed by atoms with van der Waals surface area (Å²) in [6, 6.07) is 5.54. The van der Waals surface area contributed by atoms with Crippen molar-refractivity contribution < 1.29 is 9.90 Å². The fourth-order valence-electron chi connectivity index (χ4n) is 1.11. The van der Waals surface area contributed by atoms with E-state index in [1.54, 1.807) is 25.6 Å². The summed E-state index contributed by atoms with van der Waals surface area (Å²) in [7, 11) is 0. The molecule has 0 aromatic heterocycles. The number of thioether (sulfide) groups is 1. The molecule has 0 fully saturated rings. The number of Topliss-reactive ketones (excluding diaryl/α,β-unsaturated/α-hetero) is 1. The van der Waals surface area contributed by atoms with Crippen molar-refractivity contribution in [2.24, 2.45) is 0 Å². The number of aliphatic hydroxyl groups is 1. The lowest BCUT2D eigenvalue weighted by Gasteiger charge is -2.15. The average Bonchev–Trinajstić information content (AvgIpc) is 2.20. The van der Waals surface area contributed by atoms with Crippen LogP contribution in [0.4, 0.5) is 0 Å². The van der Waals surface area contributed by atoms with Crippen LogP contribution in [0, 0.1) is 0 Å². The van der Waals surface area contributed by atoms with Crippen molar-refractivity contribution in [3.8, 4) is 0 Å². The molecule has 0 radical (unpaired) electrons. The van der Waals surface area contributed by atoms with Gasteiger partial charge in [0.2, 0.25) is 0 Å². The number of ketones is 1. The smallest absolute Gasteiger partial charge is 0.159 e. The summed E-state index contributed by atoms with van der Waals surface area (Å²) in [5, 5.41) is 9.55. The van der Waals surface area contributed by atoms with E-state index < -0.39 is 0 Å². The van der Waals surface area contributed by atoms with E-state index in [1.807, 2.05) is 25.1 Å². The molecule has 0 amide bonds. The molecule has 2 atom stereocenters. The van der Waals surface area contributed by atoms with Crippen molar-refractivity contribution in [1.82, 2.24) is 0 Å². The van der Waals surface area contributed by atoms with Crippen LogP contribution in [0.25, 0.3) is 0 Å². The van der Waals surface area contributed by atoms with Crippen LogP contribution < -0.4 is 0 Å². The van der Waals surface area contributed by atoms with Crippen LogP contribution in [-0.2, 0) is 0 Å². The van der Waals surface area contributed by atoms with Gasteiger partial charge in [-0.05, 0) is 41.9 Å². The van der Waals surface area contributed by atoms with Crippen molar-refractivity contribution in [3.63, 3.8) is 0 Å². The number of hydrogen-bond acceptors (Lipinski definition) is 3. The summed E-state index contributed by atoms with van der Waals surface area (Å²) < 4.78 is 0.901. The van der Waals surface area contributed by atoms with Gasteiger partial charge in [0.05, 0.1) is 6.10 Å². The Labute approximate surface area is 109 Å². The zero-order valence-corrected chi connectivity index (χ0v) is 11.9. The van der Waals surface area contributed by atoms with Crippen LogP contribution in [0.15, 0.2) is 27.6 Å². The number of carbonyl (C=O) groups is 1. The van der Waals surface area contributed by atoms with E-state index in [1.165, 1.54) is 0 Å². The number of benzene rings is 1. The van der Waals surface area contributed by atoms with E-state index >= 15 is 0 Å². The molecule has 0 heterocycles. The molecular formula is C12H15BrO2S. The summed E-state index contributed by atoms with van der Waals surface area (Å²) >= 11 is 5.03. The lowest BCUT2D eigenvalue weighted by molar-refractivity contribution is 0.101. The maximum Gasteiger partial charge on any atom is 0.159 e. The molecule has 1 aromatic carbocycles. The highest BCUT2D eigenvalue weighted by atomic mass is 79.9. The van der Waals surface area contributed by atoms with E-state index in [9.17, 15) is 9.90 Å². The maximum atomic E-state index is 11.2. The van der Waals surface area contributed by atoms with Gasteiger partial charge in [-0.25, -0.2) is 0 Å². The molecule has 0 aliphatic rings. The molecule has 1 aromatic rings. The predicted octanol–water partition coefficient (Wildman–Crippen LogP) is 3.51. The molecule has 4 heteroatoms. The van der Waals surface area contributed by atoms with Gasteiger partial charge in [0.15, 0.2) is 5.78 Å². The fraction of sp³-hybridized carbons (Fsp3) is 0.417. The molecule has 0 saturated heterocycles. The lowest BCUT2D eigenvalue weighted by Crippen LogP contribution is -2.14. The first kappa shape index (κ1) is 13.7. The van der Waals surface area contributed by atoms with Gasteiger partial charge in [-0.3, -0.25) is 4.79 Å². The first-order valence-corrected chi connectivity index (χ1v) is 6.74. The molecule has 0 saturated carbocycles. The first-order valence-electron chi connectivity index (χ1n) is 5.07. The second kappa shape index (κ2) is 5.84. The van der Waals surface area contributed by atoms with Gasteiger partial charge in [-0.15, -0.1) is 11.8 Å².